The minimum absolute atomic E-state index is 0.0722. The van der Waals surface area contributed by atoms with Crippen molar-refractivity contribution in [3.8, 4) is 0 Å². The summed E-state index contributed by atoms with van der Waals surface area (Å²) >= 11 is 1.22. The van der Waals surface area contributed by atoms with Gasteiger partial charge in [-0.15, -0.1) is 0 Å². The predicted octanol–water partition coefficient (Wildman–Crippen LogP) is 3.80. The summed E-state index contributed by atoms with van der Waals surface area (Å²) < 4.78 is 25.8. The molecule has 1 heterocycles. The van der Waals surface area contributed by atoms with E-state index in [1.165, 1.54) is 11.3 Å². The van der Waals surface area contributed by atoms with Gasteiger partial charge in [-0.2, -0.15) is 0 Å². The molecule has 0 bridgehead atoms. The van der Waals surface area contributed by atoms with Crippen molar-refractivity contribution in [3.63, 3.8) is 0 Å². The number of anilines is 2. The van der Waals surface area contributed by atoms with Crippen LogP contribution >= 0.6 is 11.3 Å². The third kappa shape index (κ3) is 4.39. The molecule has 0 saturated heterocycles. The van der Waals surface area contributed by atoms with Gasteiger partial charge < -0.3 is 5.32 Å². The van der Waals surface area contributed by atoms with Gasteiger partial charge in [-0.3, -0.25) is 9.52 Å². The maximum Gasteiger partial charge on any atom is 0.231 e. The Balaban J connectivity index is 1.81. The molecule has 8 heteroatoms. The second-order valence-corrected chi connectivity index (χ2v) is 8.72. The summed E-state index contributed by atoms with van der Waals surface area (Å²) in [5.41, 5.74) is 2.31. The molecule has 26 heavy (non-hydrogen) atoms. The first-order valence-electron chi connectivity index (χ1n) is 8.10. The van der Waals surface area contributed by atoms with Gasteiger partial charge in [0.15, 0.2) is 5.13 Å². The standard InChI is InChI=1S/C18H19N3O3S2/c1-3-14(12-7-5-4-6-8-12)17(22)19-13-9-10-15-16(11-13)25-18(20-15)21-26(2,23)24/h4-11,14H,3H2,1-2H3,(H,19,22)(H,20,21)/t14-/m1/s1. The first-order chi connectivity index (χ1) is 12.4. The second kappa shape index (κ2) is 7.43. The van der Waals surface area contributed by atoms with Crippen LogP contribution in [0, 0.1) is 0 Å². The molecule has 0 fully saturated rings. The first-order valence-corrected chi connectivity index (χ1v) is 10.8. The lowest BCUT2D eigenvalue weighted by Crippen LogP contribution is -2.20. The average Bonchev–Trinajstić information content (AvgIpc) is 2.96. The molecule has 1 aromatic heterocycles. The molecule has 0 aliphatic carbocycles. The van der Waals surface area contributed by atoms with E-state index in [1.54, 1.807) is 18.2 Å². The highest BCUT2D eigenvalue weighted by atomic mass is 32.2. The van der Waals surface area contributed by atoms with Crippen molar-refractivity contribution >= 4 is 48.3 Å². The van der Waals surface area contributed by atoms with E-state index < -0.39 is 10.0 Å². The van der Waals surface area contributed by atoms with Crippen LogP contribution in [0.1, 0.15) is 24.8 Å². The summed E-state index contributed by atoms with van der Waals surface area (Å²) in [6.45, 7) is 1.98. The highest BCUT2D eigenvalue weighted by Crippen LogP contribution is 2.29. The van der Waals surface area contributed by atoms with Gasteiger partial charge in [0.25, 0.3) is 0 Å². The number of aromatic nitrogens is 1. The van der Waals surface area contributed by atoms with E-state index in [4.69, 9.17) is 0 Å². The third-order valence-electron chi connectivity index (χ3n) is 3.86. The van der Waals surface area contributed by atoms with Crippen molar-refractivity contribution in [1.29, 1.82) is 0 Å². The number of thiazole rings is 1. The molecule has 136 valence electrons. The Morgan fingerprint density at radius 3 is 2.58 bits per heavy atom. The van der Waals surface area contributed by atoms with E-state index in [-0.39, 0.29) is 11.8 Å². The number of carbonyl (C=O) groups is 1. The zero-order valence-corrected chi connectivity index (χ0v) is 16.0. The average molecular weight is 390 g/mol. The SMILES string of the molecule is CC[C@@H](C(=O)Nc1ccc2nc(NS(C)(=O)=O)sc2c1)c1ccccc1. The number of nitrogens with one attached hydrogen (secondary N) is 2. The Labute approximate surface area is 156 Å². The van der Waals surface area contributed by atoms with Crippen molar-refractivity contribution < 1.29 is 13.2 Å². The number of nitrogens with zero attached hydrogens (tertiary/aromatic N) is 1. The number of sulfonamides is 1. The van der Waals surface area contributed by atoms with Gasteiger partial charge in [0.05, 0.1) is 22.4 Å². The normalized spacial score (nSPS) is 12.7. The highest BCUT2D eigenvalue weighted by molar-refractivity contribution is 7.92. The molecule has 3 aromatic rings. The molecule has 0 aliphatic heterocycles. The summed E-state index contributed by atoms with van der Waals surface area (Å²) in [7, 11) is -3.37. The lowest BCUT2D eigenvalue weighted by molar-refractivity contribution is -0.117. The minimum atomic E-state index is -3.37. The van der Waals surface area contributed by atoms with Gasteiger partial charge in [0.1, 0.15) is 0 Å². The number of amides is 1. The van der Waals surface area contributed by atoms with Crippen LogP contribution in [0.15, 0.2) is 48.5 Å². The van der Waals surface area contributed by atoms with E-state index in [0.29, 0.717) is 22.8 Å². The molecule has 0 unspecified atom stereocenters. The topological polar surface area (TPSA) is 88.2 Å². The molecule has 3 rings (SSSR count). The Morgan fingerprint density at radius 1 is 1.19 bits per heavy atom. The van der Waals surface area contributed by atoms with Gasteiger partial charge in [-0.05, 0) is 30.2 Å². The van der Waals surface area contributed by atoms with E-state index in [2.05, 4.69) is 15.0 Å². The van der Waals surface area contributed by atoms with Crippen molar-refractivity contribution in [1.82, 2.24) is 4.98 Å². The fourth-order valence-corrected chi connectivity index (χ4v) is 4.43. The number of hydrogen-bond donors (Lipinski definition) is 2. The predicted molar refractivity (Wildman–Crippen MR) is 106 cm³/mol. The molecule has 0 spiro atoms. The lowest BCUT2D eigenvalue weighted by atomic mass is 9.95. The molecule has 1 amide bonds. The van der Waals surface area contributed by atoms with Crippen LogP contribution in [-0.4, -0.2) is 25.6 Å². The van der Waals surface area contributed by atoms with Crippen LogP contribution in [0.3, 0.4) is 0 Å². The largest absolute Gasteiger partial charge is 0.326 e. The molecule has 2 N–H and O–H groups in total. The molecule has 0 saturated carbocycles. The summed E-state index contributed by atoms with van der Waals surface area (Å²) in [4.78, 5) is 16.9. The number of carbonyl (C=O) groups excluding carboxylic acids is 1. The number of benzene rings is 2. The Bertz CT molecular complexity index is 1030. The maximum atomic E-state index is 12.7. The van der Waals surface area contributed by atoms with Crippen molar-refractivity contribution in [2.45, 2.75) is 19.3 Å². The van der Waals surface area contributed by atoms with Crippen LogP contribution < -0.4 is 10.0 Å². The Hall–Kier alpha value is -2.45. The zero-order valence-electron chi connectivity index (χ0n) is 14.4. The van der Waals surface area contributed by atoms with Gasteiger partial charge in [0.2, 0.25) is 15.9 Å². The van der Waals surface area contributed by atoms with Gasteiger partial charge in [0, 0.05) is 5.69 Å². The van der Waals surface area contributed by atoms with Crippen molar-refractivity contribution in [2.24, 2.45) is 0 Å². The van der Waals surface area contributed by atoms with Crippen LogP contribution in [0.4, 0.5) is 10.8 Å². The van der Waals surface area contributed by atoms with Crippen LogP contribution in [0.25, 0.3) is 10.2 Å². The molecule has 0 radical (unpaired) electrons. The van der Waals surface area contributed by atoms with Gasteiger partial charge >= 0.3 is 0 Å². The van der Waals surface area contributed by atoms with Gasteiger partial charge in [-0.25, -0.2) is 13.4 Å². The summed E-state index contributed by atoms with van der Waals surface area (Å²) in [6.07, 6.45) is 1.78. The Morgan fingerprint density at radius 2 is 1.92 bits per heavy atom. The molecule has 6 nitrogen and oxygen atoms in total. The maximum absolute atomic E-state index is 12.7. The Kier molecular flexibility index (Phi) is 5.24. The van der Waals surface area contributed by atoms with E-state index in [1.807, 2.05) is 37.3 Å². The number of rotatable bonds is 6. The fourth-order valence-electron chi connectivity index (χ4n) is 2.69. The zero-order chi connectivity index (χ0) is 18.7. The first kappa shape index (κ1) is 18.3. The smallest absolute Gasteiger partial charge is 0.231 e. The molecule has 2 aromatic carbocycles. The highest BCUT2D eigenvalue weighted by Gasteiger charge is 2.19. The fraction of sp³-hybridized carbons (Fsp3) is 0.222. The van der Waals surface area contributed by atoms with E-state index in [0.717, 1.165) is 16.5 Å². The van der Waals surface area contributed by atoms with Crippen molar-refractivity contribution in [2.75, 3.05) is 16.3 Å². The van der Waals surface area contributed by atoms with Crippen LogP contribution in [0.5, 0.6) is 0 Å². The van der Waals surface area contributed by atoms with Crippen LogP contribution in [0.2, 0.25) is 0 Å². The number of hydrogen-bond acceptors (Lipinski definition) is 5. The minimum Gasteiger partial charge on any atom is -0.326 e. The van der Waals surface area contributed by atoms with Crippen molar-refractivity contribution in [3.05, 3.63) is 54.1 Å². The lowest BCUT2D eigenvalue weighted by Gasteiger charge is -2.15. The molecule has 1 atom stereocenters. The van der Waals surface area contributed by atoms with Gasteiger partial charge in [-0.1, -0.05) is 48.6 Å². The third-order valence-corrected chi connectivity index (χ3v) is 5.48. The monoisotopic (exact) mass is 389 g/mol. The summed E-state index contributed by atoms with van der Waals surface area (Å²) in [5, 5.41) is 3.25. The summed E-state index contributed by atoms with van der Waals surface area (Å²) in [5.74, 6) is -0.298. The molecule has 0 aliphatic rings. The second-order valence-electron chi connectivity index (χ2n) is 5.94. The molecular formula is C18H19N3O3S2. The number of fused-ring (bicyclic) bond motifs is 1. The molecular weight excluding hydrogens is 370 g/mol. The quantitative estimate of drug-likeness (QED) is 0.671. The van der Waals surface area contributed by atoms with E-state index in [9.17, 15) is 13.2 Å². The van der Waals surface area contributed by atoms with Crippen LogP contribution in [-0.2, 0) is 14.8 Å². The summed E-state index contributed by atoms with van der Waals surface area (Å²) in [6, 6.07) is 15.0. The van der Waals surface area contributed by atoms with E-state index >= 15 is 0 Å².